The molecule has 0 spiro atoms. The minimum absolute atomic E-state index is 0.308. The second-order valence-corrected chi connectivity index (χ2v) is 5.56. The van der Waals surface area contributed by atoms with Crippen LogP contribution < -0.4 is 10.4 Å². The van der Waals surface area contributed by atoms with Gasteiger partial charge in [0, 0.05) is 15.9 Å². The van der Waals surface area contributed by atoms with Gasteiger partial charge in [-0.25, -0.2) is 4.79 Å². The Morgan fingerprint density at radius 3 is 2.65 bits per heavy atom. The molecule has 0 unspecified atom stereocenters. The van der Waals surface area contributed by atoms with Gasteiger partial charge in [0.2, 0.25) is 0 Å². The summed E-state index contributed by atoms with van der Waals surface area (Å²) in [4.78, 5) is 12.0. The van der Waals surface area contributed by atoms with Gasteiger partial charge < -0.3 is 9.15 Å². The Labute approximate surface area is 129 Å². The highest BCUT2D eigenvalue weighted by atomic mass is 127. The van der Waals surface area contributed by atoms with Gasteiger partial charge in [-0.2, -0.15) is 0 Å². The molecule has 20 heavy (non-hydrogen) atoms. The average Bonchev–Trinajstić information content (AvgIpc) is 2.48. The summed E-state index contributed by atoms with van der Waals surface area (Å²) in [6.07, 6.45) is 1.00. The fourth-order valence-electron chi connectivity index (χ4n) is 2.19. The van der Waals surface area contributed by atoms with Crippen LogP contribution in [0.2, 0.25) is 0 Å². The molecule has 0 bridgehead atoms. The van der Waals surface area contributed by atoms with E-state index in [1.807, 2.05) is 30.3 Å². The molecule has 0 amide bonds. The Balaban J connectivity index is 2.11. The third kappa shape index (κ3) is 2.52. The molecule has 0 atom stereocenters. The van der Waals surface area contributed by atoms with Gasteiger partial charge in [-0.1, -0.05) is 40.8 Å². The van der Waals surface area contributed by atoms with E-state index in [-0.39, 0.29) is 5.63 Å². The van der Waals surface area contributed by atoms with Crippen LogP contribution in [-0.2, 0) is 0 Å². The summed E-state index contributed by atoms with van der Waals surface area (Å²) in [5.74, 6) is 0.737. The van der Waals surface area contributed by atoms with Crippen LogP contribution in [0.4, 0.5) is 0 Å². The third-order valence-corrected chi connectivity index (χ3v) is 3.90. The number of hydrogen-bond acceptors (Lipinski definition) is 3. The van der Waals surface area contributed by atoms with Gasteiger partial charge in [-0.3, -0.25) is 0 Å². The topological polar surface area (TPSA) is 39.4 Å². The smallest absolute Gasteiger partial charge is 0.344 e. The van der Waals surface area contributed by atoms with E-state index >= 15 is 0 Å². The summed E-state index contributed by atoms with van der Waals surface area (Å²) in [5.41, 5.74) is 0.262. The van der Waals surface area contributed by atoms with Crippen LogP contribution in [0.15, 0.2) is 51.7 Å². The van der Waals surface area contributed by atoms with Crippen LogP contribution >= 0.6 is 22.6 Å². The molecule has 1 aromatic heterocycles. The molecule has 2 aromatic carbocycles. The summed E-state index contributed by atoms with van der Waals surface area (Å²) in [7, 11) is 0. The highest BCUT2D eigenvalue weighted by Gasteiger charge is 2.07. The van der Waals surface area contributed by atoms with Crippen molar-refractivity contribution < 1.29 is 9.15 Å². The van der Waals surface area contributed by atoms with Gasteiger partial charge in [-0.15, -0.1) is 0 Å². The molecule has 0 saturated carbocycles. The van der Waals surface area contributed by atoms with Gasteiger partial charge in [0.1, 0.15) is 11.3 Å². The third-order valence-electron chi connectivity index (χ3n) is 3.14. The van der Waals surface area contributed by atoms with Crippen molar-refractivity contribution in [2.45, 2.75) is 6.42 Å². The number of halogens is 1. The van der Waals surface area contributed by atoms with Crippen molar-refractivity contribution in [3.8, 4) is 5.75 Å². The van der Waals surface area contributed by atoms with Crippen LogP contribution in [0.1, 0.15) is 6.42 Å². The number of hydrogen-bond donors (Lipinski definition) is 0. The molecule has 0 fully saturated rings. The molecule has 0 aliphatic rings. The fourth-order valence-corrected chi connectivity index (χ4v) is 2.51. The van der Waals surface area contributed by atoms with Gasteiger partial charge in [-0.05, 0) is 30.0 Å². The molecule has 0 aliphatic heterocycles. The maximum Gasteiger partial charge on any atom is 0.344 e. The van der Waals surface area contributed by atoms with E-state index in [0.29, 0.717) is 17.6 Å². The molecule has 3 nitrogen and oxygen atoms in total. The first-order valence-electron chi connectivity index (χ1n) is 6.44. The van der Waals surface area contributed by atoms with Crippen LogP contribution in [0.3, 0.4) is 0 Å². The van der Waals surface area contributed by atoms with E-state index in [2.05, 4.69) is 22.6 Å². The van der Waals surface area contributed by atoms with Crippen LogP contribution in [0, 0.1) is 0 Å². The molecule has 4 heteroatoms. The number of rotatable bonds is 4. The molecular formula is C16H13IO3. The average molecular weight is 380 g/mol. The van der Waals surface area contributed by atoms with Gasteiger partial charge in [0.15, 0.2) is 0 Å². The number of benzene rings is 2. The van der Waals surface area contributed by atoms with Crippen molar-refractivity contribution in [3.05, 3.63) is 52.9 Å². The maximum absolute atomic E-state index is 12.0. The Morgan fingerprint density at radius 2 is 1.85 bits per heavy atom. The van der Waals surface area contributed by atoms with Gasteiger partial charge in [0.25, 0.3) is 0 Å². The number of fused-ring (bicyclic) bond motifs is 3. The molecule has 0 saturated heterocycles. The van der Waals surface area contributed by atoms with Gasteiger partial charge >= 0.3 is 5.63 Å². The zero-order chi connectivity index (χ0) is 13.9. The lowest BCUT2D eigenvalue weighted by Crippen LogP contribution is -2.00. The maximum atomic E-state index is 12.0. The molecule has 1 heterocycles. The zero-order valence-corrected chi connectivity index (χ0v) is 12.9. The Hall–Kier alpha value is -1.56. The number of alkyl halides is 1. The monoisotopic (exact) mass is 380 g/mol. The lowest BCUT2D eigenvalue weighted by molar-refractivity contribution is 0.319. The summed E-state index contributed by atoms with van der Waals surface area (Å²) in [6.45, 7) is 0.673. The zero-order valence-electron chi connectivity index (χ0n) is 10.8. The molecule has 0 N–H and O–H groups in total. The second kappa shape index (κ2) is 5.83. The van der Waals surface area contributed by atoms with E-state index in [1.165, 1.54) is 0 Å². The minimum atomic E-state index is -0.308. The predicted octanol–water partition coefficient (Wildman–Crippen LogP) is 4.15. The van der Waals surface area contributed by atoms with E-state index in [4.69, 9.17) is 9.15 Å². The Kier molecular flexibility index (Phi) is 3.91. The first-order chi connectivity index (χ1) is 9.79. The largest absolute Gasteiger partial charge is 0.493 e. The Morgan fingerprint density at radius 1 is 1.05 bits per heavy atom. The molecule has 0 radical (unpaired) electrons. The van der Waals surface area contributed by atoms with Gasteiger partial charge in [0.05, 0.1) is 12.0 Å². The van der Waals surface area contributed by atoms with Crippen LogP contribution in [0.5, 0.6) is 5.75 Å². The summed E-state index contributed by atoms with van der Waals surface area (Å²) in [5, 5.41) is 2.46. The first kappa shape index (κ1) is 13.4. The van der Waals surface area contributed by atoms with E-state index in [9.17, 15) is 4.79 Å². The summed E-state index contributed by atoms with van der Waals surface area (Å²) < 4.78 is 12.1. The first-order valence-corrected chi connectivity index (χ1v) is 7.96. The molecule has 102 valence electrons. The van der Waals surface area contributed by atoms with Crippen molar-refractivity contribution in [2.24, 2.45) is 0 Å². The van der Waals surface area contributed by atoms with Crippen LogP contribution in [-0.4, -0.2) is 11.0 Å². The summed E-state index contributed by atoms with van der Waals surface area (Å²) >= 11 is 2.32. The quantitative estimate of drug-likeness (QED) is 0.225. The minimum Gasteiger partial charge on any atom is -0.493 e. The highest BCUT2D eigenvalue weighted by molar-refractivity contribution is 14.1. The van der Waals surface area contributed by atoms with Crippen molar-refractivity contribution in [2.75, 3.05) is 11.0 Å². The molecule has 3 rings (SSSR count). The standard InChI is InChI=1S/C16H13IO3/c17-8-3-9-19-11-6-7-13-12-4-1-2-5-14(12)16(18)20-15(13)10-11/h1-2,4-7,10H,3,8-9H2. The van der Waals surface area contributed by atoms with Crippen molar-refractivity contribution in [1.82, 2.24) is 0 Å². The predicted molar refractivity (Wildman–Crippen MR) is 89.0 cm³/mol. The number of ether oxygens (including phenoxy) is 1. The van der Waals surface area contributed by atoms with E-state index in [1.54, 1.807) is 12.1 Å². The van der Waals surface area contributed by atoms with Crippen molar-refractivity contribution in [1.29, 1.82) is 0 Å². The normalized spacial score (nSPS) is 11.1. The molecule has 3 aromatic rings. The SMILES string of the molecule is O=c1oc2cc(OCCCI)ccc2c2ccccc12. The lowest BCUT2D eigenvalue weighted by Gasteiger charge is -2.07. The fraction of sp³-hybridized carbons (Fsp3) is 0.188. The lowest BCUT2D eigenvalue weighted by atomic mass is 10.1. The Bertz CT molecular complexity index is 808. The van der Waals surface area contributed by atoms with Crippen LogP contribution in [0.25, 0.3) is 21.7 Å². The molecular weight excluding hydrogens is 367 g/mol. The van der Waals surface area contributed by atoms with E-state index < -0.39 is 0 Å². The van der Waals surface area contributed by atoms with Crippen molar-refractivity contribution in [3.63, 3.8) is 0 Å². The highest BCUT2D eigenvalue weighted by Crippen LogP contribution is 2.26. The molecule has 0 aliphatic carbocycles. The van der Waals surface area contributed by atoms with E-state index in [0.717, 1.165) is 27.4 Å². The van der Waals surface area contributed by atoms with Crippen molar-refractivity contribution >= 4 is 44.3 Å². The summed E-state index contributed by atoms with van der Waals surface area (Å²) in [6, 6.07) is 13.1. The second-order valence-electron chi connectivity index (χ2n) is 4.48.